The first kappa shape index (κ1) is 16.9. The van der Waals surface area contributed by atoms with E-state index < -0.39 is 23.9 Å². The average molecular weight is 356 g/mol. The fourth-order valence-corrected chi connectivity index (χ4v) is 2.86. The van der Waals surface area contributed by atoms with Gasteiger partial charge in [0.2, 0.25) is 5.28 Å². The number of fused-ring (bicyclic) bond motifs is 1. The van der Waals surface area contributed by atoms with E-state index in [1.807, 2.05) is 0 Å². The molecule has 0 aliphatic carbocycles. The van der Waals surface area contributed by atoms with Gasteiger partial charge in [-0.15, -0.1) is 0 Å². The highest BCUT2D eigenvalue weighted by molar-refractivity contribution is 6.28. The molecule has 0 bridgehead atoms. The van der Waals surface area contributed by atoms with Gasteiger partial charge in [0.05, 0.1) is 24.2 Å². The monoisotopic (exact) mass is 355 g/mol. The van der Waals surface area contributed by atoms with Crippen molar-refractivity contribution in [2.45, 2.75) is 51.6 Å². The minimum atomic E-state index is -1.14. The third-order valence-corrected chi connectivity index (χ3v) is 3.98. The SMILES string of the molecule is CC(C)(C)OC(=O)N1CC[C@H](F)[C@H]1Cn1ncc2cnc(Cl)nc21. The zero-order valence-corrected chi connectivity index (χ0v) is 14.5. The van der Waals surface area contributed by atoms with E-state index in [-0.39, 0.29) is 18.2 Å². The Morgan fingerprint density at radius 1 is 1.46 bits per heavy atom. The second kappa shape index (κ2) is 6.16. The van der Waals surface area contributed by atoms with Gasteiger partial charge in [0.1, 0.15) is 11.8 Å². The lowest BCUT2D eigenvalue weighted by molar-refractivity contribution is 0.0178. The van der Waals surface area contributed by atoms with Gasteiger partial charge in [-0.3, -0.25) is 0 Å². The molecule has 3 heterocycles. The van der Waals surface area contributed by atoms with E-state index in [2.05, 4.69) is 15.1 Å². The molecule has 9 heteroatoms. The van der Waals surface area contributed by atoms with Crippen LogP contribution in [0.2, 0.25) is 5.28 Å². The molecule has 1 aliphatic rings. The summed E-state index contributed by atoms with van der Waals surface area (Å²) in [5.41, 5.74) is -0.118. The minimum absolute atomic E-state index is 0.0940. The van der Waals surface area contributed by atoms with Gasteiger partial charge in [-0.25, -0.2) is 18.9 Å². The van der Waals surface area contributed by atoms with Crippen LogP contribution in [0.15, 0.2) is 12.4 Å². The number of amides is 1. The van der Waals surface area contributed by atoms with Gasteiger partial charge in [-0.05, 0) is 38.8 Å². The summed E-state index contributed by atoms with van der Waals surface area (Å²) in [4.78, 5) is 21.8. The van der Waals surface area contributed by atoms with E-state index >= 15 is 0 Å². The number of ether oxygens (including phenoxy) is 1. The Morgan fingerprint density at radius 3 is 2.92 bits per heavy atom. The van der Waals surface area contributed by atoms with Crippen molar-refractivity contribution in [1.82, 2.24) is 24.6 Å². The highest BCUT2D eigenvalue weighted by atomic mass is 35.5. The lowest BCUT2D eigenvalue weighted by Crippen LogP contribution is -2.44. The molecule has 2 aromatic heterocycles. The molecule has 1 aliphatic heterocycles. The molecule has 1 fully saturated rings. The molecular formula is C15H19ClFN5O2. The van der Waals surface area contributed by atoms with Gasteiger partial charge < -0.3 is 9.64 Å². The number of aromatic nitrogens is 4. The number of hydrogen-bond acceptors (Lipinski definition) is 5. The maximum atomic E-state index is 14.4. The number of nitrogens with zero attached hydrogens (tertiary/aromatic N) is 5. The van der Waals surface area contributed by atoms with Crippen molar-refractivity contribution in [3.05, 3.63) is 17.7 Å². The Kier molecular flexibility index (Phi) is 4.33. The highest BCUT2D eigenvalue weighted by Crippen LogP contribution is 2.26. The van der Waals surface area contributed by atoms with Crippen LogP contribution in [-0.4, -0.2) is 55.1 Å². The molecule has 24 heavy (non-hydrogen) atoms. The number of alkyl halides is 1. The molecule has 0 spiro atoms. The van der Waals surface area contributed by atoms with Gasteiger partial charge >= 0.3 is 6.09 Å². The fraction of sp³-hybridized carbons (Fsp3) is 0.600. The third-order valence-electron chi connectivity index (χ3n) is 3.80. The van der Waals surface area contributed by atoms with Crippen molar-refractivity contribution >= 4 is 28.7 Å². The van der Waals surface area contributed by atoms with Crippen molar-refractivity contribution in [1.29, 1.82) is 0 Å². The largest absolute Gasteiger partial charge is 0.444 e. The van der Waals surface area contributed by atoms with Crippen molar-refractivity contribution in [2.24, 2.45) is 0 Å². The molecule has 0 unspecified atom stereocenters. The molecule has 1 amide bonds. The Bertz CT molecular complexity index is 760. The number of hydrogen-bond donors (Lipinski definition) is 0. The van der Waals surface area contributed by atoms with E-state index in [1.165, 1.54) is 4.90 Å². The van der Waals surface area contributed by atoms with Crippen molar-refractivity contribution in [2.75, 3.05) is 6.54 Å². The molecule has 2 atom stereocenters. The van der Waals surface area contributed by atoms with Crippen LogP contribution >= 0.6 is 11.6 Å². The summed E-state index contributed by atoms with van der Waals surface area (Å²) in [6.07, 6.45) is 1.76. The second-order valence-corrected chi connectivity index (χ2v) is 7.13. The Hall–Kier alpha value is -1.96. The molecule has 7 nitrogen and oxygen atoms in total. The van der Waals surface area contributed by atoms with Gasteiger partial charge in [-0.2, -0.15) is 10.1 Å². The average Bonchev–Trinajstić information content (AvgIpc) is 3.02. The number of halogens is 2. The standard InChI is InChI=1S/C15H19ClFN5O2/c1-15(2,3)24-14(23)21-5-4-10(17)11(21)8-22-12-9(7-19-22)6-18-13(16)20-12/h6-7,10-11H,4-5,8H2,1-3H3/t10-,11+/m0/s1. The zero-order valence-electron chi connectivity index (χ0n) is 13.7. The topological polar surface area (TPSA) is 73.1 Å². The van der Waals surface area contributed by atoms with Gasteiger partial charge in [-0.1, -0.05) is 0 Å². The van der Waals surface area contributed by atoms with E-state index in [1.54, 1.807) is 37.8 Å². The minimum Gasteiger partial charge on any atom is -0.444 e. The first-order valence-corrected chi connectivity index (χ1v) is 8.10. The Morgan fingerprint density at radius 2 is 2.21 bits per heavy atom. The van der Waals surface area contributed by atoms with Gasteiger partial charge in [0.15, 0.2) is 5.65 Å². The molecule has 130 valence electrons. The first-order valence-electron chi connectivity index (χ1n) is 7.72. The quantitative estimate of drug-likeness (QED) is 0.774. The van der Waals surface area contributed by atoms with Crippen LogP contribution in [0, 0.1) is 0 Å². The third kappa shape index (κ3) is 3.43. The van der Waals surface area contributed by atoms with Crippen molar-refractivity contribution in [3.8, 4) is 0 Å². The Balaban J connectivity index is 1.83. The second-order valence-electron chi connectivity index (χ2n) is 6.79. The molecule has 3 rings (SSSR count). The lowest BCUT2D eigenvalue weighted by atomic mass is 10.2. The lowest BCUT2D eigenvalue weighted by Gasteiger charge is -2.29. The van der Waals surface area contributed by atoms with Gasteiger partial charge in [0, 0.05) is 12.7 Å². The van der Waals surface area contributed by atoms with Crippen LogP contribution in [0.1, 0.15) is 27.2 Å². The summed E-state index contributed by atoms with van der Waals surface area (Å²) in [6.45, 7) is 5.83. The van der Waals surface area contributed by atoms with E-state index in [4.69, 9.17) is 16.3 Å². The summed E-state index contributed by atoms with van der Waals surface area (Å²) >= 11 is 5.82. The summed E-state index contributed by atoms with van der Waals surface area (Å²) < 4.78 is 21.3. The van der Waals surface area contributed by atoms with Gasteiger partial charge in [0.25, 0.3) is 0 Å². The maximum absolute atomic E-state index is 14.4. The van der Waals surface area contributed by atoms with Crippen LogP contribution in [-0.2, 0) is 11.3 Å². The fourth-order valence-electron chi connectivity index (χ4n) is 2.73. The molecule has 0 radical (unpaired) electrons. The number of carbonyl (C=O) groups is 1. The van der Waals surface area contributed by atoms with Crippen LogP contribution in [0.3, 0.4) is 0 Å². The first-order chi connectivity index (χ1) is 11.2. The van der Waals surface area contributed by atoms with E-state index in [0.717, 1.165) is 0 Å². The predicted octanol–water partition coefficient (Wildman–Crippen LogP) is 2.83. The molecule has 1 saturated heterocycles. The number of rotatable bonds is 2. The summed E-state index contributed by atoms with van der Waals surface area (Å²) in [5, 5.41) is 5.01. The maximum Gasteiger partial charge on any atom is 0.410 e. The van der Waals surface area contributed by atoms with Crippen molar-refractivity contribution < 1.29 is 13.9 Å². The smallest absolute Gasteiger partial charge is 0.410 e. The molecule has 2 aromatic rings. The van der Waals surface area contributed by atoms with Crippen LogP contribution in [0.25, 0.3) is 11.0 Å². The molecule has 0 N–H and O–H groups in total. The van der Waals surface area contributed by atoms with E-state index in [9.17, 15) is 9.18 Å². The molecule has 0 aromatic carbocycles. The zero-order chi connectivity index (χ0) is 17.5. The highest BCUT2D eigenvalue weighted by Gasteiger charge is 2.40. The predicted molar refractivity (Wildman–Crippen MR) is 86.6 cm³/mol. The molecular weight excluding hydrogens is 337 g/mol. The van der Waals surface area contributed by atoms with E-state index in [0.29, 0.717) is 17.6 Å². The van der Waals surface area contributed by atoms with Crippen LogP contribution in [0.4, 0.5) is 9.18 Å². The number of likely N-dealkylation sites (tertiary alicyclic amines) is 1. The Labute approximate surface area is 143 Å². The normalized spacial score (nSPS) is 21.5. The number of carbonyl (C=O) groups excluding carboxylic acids is 1. The van der Waals surface area contributed by atoms with Crippen LogP contribution < -0.4 is 0 Å². The van der Waals surface area contributed by atoms with Crippen molar-refractivity contribution in [3.63, 3.8) is 0 Å². The summed E-state index contributed by atoms with van der Waals surface area (Å²) in [5.74, 6) is 0. The van der Waals surface area contributed by atoms with Crippen LogP contribution in [0.5, 0.6) is 0 Å². The molecule has 0 saturated carbocycles. The summed E-state index contributed by atoms with van der Waals surface area (Å²) in [6, 6.07) is -0.656. The summed E-state index contributed by atoms with van der Waals surface area (Å²) in [7, 11) is 0.